The predicted molar refractivity (Wildman–Crippen MR) is 102 cm³/mol. The van der Waals surface area contributed by atoms with E-state index in [9.17, 15) is 4.79 Å². The first-order chi connectivity index (χ1) is 12.3. The van der Waals surface area contributed by atoms with Crippen molar-refractivity contribution in [1.29, 1.82) is 0 Å². The lowest BCUT2D eigenvalue weighted by atomic mass is 9.83. The highest BCUT2D eigenvalue weighted by Gasteiger charge is 2.37. The molecule has 3 heterocycles. The first kappa shape index (κ1) is 19.0. The van der Waals surface area contributed by atoms with Crippen molar-refractivity contribution >= 4 is 11.7 Å². The highest BCUT2D eigenvalue weighted by Crippen LogP contribution is 2.31. The van der Waals surface area contributed by atoms with E-state index in [1.165, 1.54) is 4.90 Å². The number of carbonyl (C=O) groups excluding carboxylic acids is 1. The Bertz CT molecular complexity index is 667. The van der Waals surface area contributed by atoms with E-state index in [0.29, 0.717) is 11.5 Å². The van der Waals surface area contributed by atoms with Gasteiger partial charge in [0.05, 0.1) is 13.2 Å². The lowest BCUT2D eigenvalue weighted by Gasteiger charge is -2.41. The van der Waals surface area contributed by atoms with E-state index in [2.05, 4.69) is 27.1 Å². The second kappa shape index (κ2) is 7.48. The molecule has 2 aliphatic rings. The van der Waals surface area contributed by atoms with Gasteiger partial charge in [-0.2, -0.15) is 0 Å². The summed E-state index contributed by atoms with van der Waals surface area (Å²) in [6.45, 7) is 10.8. The molecule has 0 saturated carbocycles. The van der Waals surface area contributed by atoms with Gasteiger partial charge in [0.1, 0.15) is 5.82 Å². The maximum absolute atomic E-state index is 12.3. The van der Waals surface area contributed by atoms with Crippen molar-refractivity contribution in [3.05, 3.63) is 17.1 Å². The molecule has 1 atom stereocenters. The summed E-state index contributed by atoms with van der Waals surface area (Å²) in [7, 11) is 3.45. The summed E-state index contributed by atoms with van der Waals surface area (Å²) < 4.78 is 5.42. The van der Waals surface area contributed by atoms with Crippen LogP contribution in [0.25, 0.3) is 0 Å². The van der Waals surface area contributed by atoms with Crippen LogP contribution >= 0.6 is 0 Å². The Morgan fingerprint density at radius 3 is 2.65 bits per heavy atom. The monoisotopic (exact) mass is 361 g/mol. The number of nitrogens with one attached hydrogen (secondary N) is 1. The van der Waals surface area contributed by atoms with Crippen LogP contribution in [0.4, 0.5) is 5.82 Å². The molecule has 7 nitrogen and oxygen atoms in total. The Labute approximate surface area is 156 Å². The molecule has 1 amide bonds. The van der Waals surface area contributed by atoms with Crippen LogP contribution in [0.2, 0.25) is 0 Å². The van der Waals surface area contributed by atoms with Gasteiger partial charge in [-0.25, -0.2) is 9.97 Å². The van der Waals surface area contributed by atoms with Crippen LogP contribution in [0.15, 0.2) is 0 Å². The molecule has 144 valence electrons. The largest absolute Gasteiger partial charge is 0.380 e. The van der Waals surface area contributed by atoms with Crippen molar-refractivity contribution in [1.82, 2.24) is 20.2 Å². The SMILES string of the molecule is CCC1(CN[C@@H]2CCN(c3nc(C(=O)N(C)C)nc(C)c3C)C2)COC1. The highest BCUT2D eigenvalue weighted by molar-refractivity contribution is 5.90. The van der Waals surface area contributed by atoms with E-state index in [4.69, 9.17) is 4.74 Å². The number of aromatic nitrogens is 2. The lowest BCUT2D eigenvalue weighted by Crippen LogP contribution is -2.51. The summed E-state index contributed by atoms with van der Waals surface area (Å²) in [4.78, 5) is 25.1. The molecule has 3 rings (SSSR count). The Balaban J connectivity index is 1.69. The molecule has 0 radical (unpaired) electrons. The first-order valence-corrected chi connectivity index (χ1v) is 9.48. The molecule has 2 fully saturated rings. The van der Waals surface area contributed by atoms with Gasteiger partial charge in [0.2, 0.25) is 5.82 Å². The normalized spacial score (nSPS) is 21.6. The third kappa shape index (κ3) is 3.69. The van der Waals surface area contributed by atoms with E-state index < -0.39 is 0 Å². The second-order valence-electron chi connectivity index (χ2n) is 7.94. The number of anilines is 1. The minimum absolute atomic E-state index is 0.155. The first-order valence-electron chi connectivity index (χ1n) is 9.48. The Hall–Kier alpha value is -1.73. The average Bonchev–Trinajstić information content (AvgIpc) is 3.04. The van der Waals surface area contributed by atoms with Crippen LogP contribution < -0.4 is 10.2 Å². The predicted octanol–water partition coefficient (Wildman–Crippen LogP) is 1.39. The molecule has 1 aromatic rings. The van der Waals surface area contributed by atoms with Gasteiger partial charge in [0, 0.05) is 56.4 Å². The molecule has 0 bridgehead atoms. The topological polar surface area (TPSA) is 70.6 Å². The summed E-state index contributed by atoms with van der Waals surface area (Å²) in [5.74, 6) is 1.02. The molecule has 26 heavy (non-hydrogen) atoms. The van der Waals surface area contributed by atoms with Gasteiger partial charge in [0.25, 0.3) is 5.91 Å². The molecule has 1 N–H and O–H groups in total. The number of aryl methyl sites for hydroxylation is 1. The summed E-state index contributed by atoms with van der Waals surface area (Å²) >= 11 is 0. The molecule has 7 heteroatoms. The number of rotatable bonds is 6. The number of carbonyl (C=O) groups is 1. The van der Waals surface area contributed by atoms with E-state index in [1.807, 2.05) is 13.8 Å². The summed E-state index contributed by atoms with van der Waals surface area (Å²) in [6.07, 6.45) is 2.23. The molecule has 0 aliphatic carbocycles. The van der Waals surface area contributed by atoms with Gasteiger partial charge in [-0.1, -0.05) is 6.92 Å². The highest BCUT2D eigenvalue weighted by atomic mass is 16.5. The summed E-state index contributed by atoms with van der Waals surface area (Å²) in [5.41, 5.74) is 2.24. The third-order valence-electron chi connectivity index (χ3n) is 5.78. The standard InChI is InChI=1S/C19H31N5O2/c1-6-19(11-26-12-19)10-20-15-7-8-24(9-15)17-13(2)14(3)21-16(22-17)18(25)23(4)5/h15,20H,6-12H2,1-5H3/t15-/m1/s1. The van der Waals surface area contributed by atoms with Crippen molar-refractivity contribution in [2.24, 2.45) is 5.41 Å². The fraction of sp³-hybridized carbons (Fsp3) is 0.737. The zero-order chi connectivity index (χ0) is 18.9. The van der Waals surface area contributed by atoms with Crippen molar-refractivity contribution in [3.8, 4) is 0 Å². The minimum Gasteiger partial charge on any atom is -0.380 e. The van der Waals surface area contributed by atoms with Crippen LogP contribution in [-0.2, 0) is 4.74 Å². The van der Waals surface area contributed by atoms with Gasteiger partial charge >= 0.3 is 0 Å². The van der Waals surface area contributed by atoms with Crippen molar-refractivity contribution in [3.63, 3.8) is 0 Å². The molecule has 0 spiro atoms. The van der Waals surface area contributed by atoms with Gasteiger partial charge < -0.3 is 19.9 Å². The average molecular weight is 361 g/mol. The Morgan fingerprint density at radius 1 is 1.35 bits per heavy atom. The maximum Gasteiger partial charge on any atom is 0.291 e. The number of hydrogen-bond acceptors (Lipinski definition) is 6. The van der Waals surface area contributed by atoms with Gasteiger partial charge in [-0.3, -0.25) is 4.79 Å². The number of amides is 1. The van der Waals surface area contributed by atoms with Crippen molar-refractivity contribution in [2.45, 2.75) is 39.7 Å². The Morgan fingerprint density at radius 2 is 2.08 bits per heavy atom. The molecular weight excluding hydrogens is 330 g/mol. The van der Waals surface area contributed by atoms with E-state index >= 15 is 0 Å². The zero-order valence-electron chi connectivity index (χ0n) is 16.6. The zero-order valence-corrected chi connectivity index (χ0v) is 16.6. The fourth-order valence-electron chi connectivity index (χ4n) is 3.52. The van der Waals surface area contributed by atoms with Crippen LogP contribution in [-0.4, -0.2) is 73.8 Å². The van der Waals surface area contributed by atoms with Crippen molar-refractivity contribution < 1.29 is 9.53 Å². The van der Waals surface area contributed by atoms with E-state index in [0.717, 1.165) is 62.8 Å². The van der Waals surface area contributed by atoms with Gasteiger partial charge in [-0.05, 0) is 26.7 Å². The number of hydrogen-bond donors (Lipinski definition) is 1. The third-order valence-corrected chi connectivity index (χ3v) is 5.78. The van der Waals surface area contributed by atoms with Crippen LogP contribution in [0, 0.1) is 19.3 Å². The Kier molecular flexibility index (Phi) is 5.48. The molecule has 0 unspecified atom stereocenters. The van der Waals surface area contributed by atoms with E-state index in [-0.39, 0.29) is 11.7 Å². The van der Waals surface area contributed by atoms with E-state index in [1.54, 1.807) is 14.1 Å². The van der Waals surface area contributed by atoms with Crippen LogP contribution in [0.5, 0.6) is 0 Å². The molecule has 0 aromatic carbocycles. The van der Waals surface area contributed by atoms with Crippen LogP contribution in [0.1, 0.15) is 41.6 Å². The van der Waals surface area contributed by atoms with Crippen LogP contribution in [0.3, 0.4) is 0 Å². The van der Waals surface area contributed by atoms with Crippen molar-refractivity contribution in [2.75, 3.05) is 51.8 Å². The number of nitrogens with zero attached hydrogens (tertiary/aromatic N) is 4. The smallest absolute Gasteiger partial charge is 0.291 e. The quantitative estimate of drug-likeness (QED) is 0.826. The van der Waals surface area contributed by atoms with Gasteiger partial charge in [-0.15, -0.1) is 0 Å². The lowest BCUT2D eigenvalue weighted by molar-refractivity contribution is -0.113. The maximum atomic E-state index is 12.3. The molecular formula is C19H31N5O2. The second-order valence-corrected chi connectivity index (χ2v) is 7.94. The summed E-state index contributed by atoms with van der Waals surface area (Å²) in [5, 5.41) is 3.72. The number of ether oxygens (including phenoxy) is 1. The minimum atomic E-state index is -0.155. The summed E-state index contributed by atoms with van der Waals surface area (Å²) in [6, 6.07) is 0.446. The molecule has 1 aromatic heterocycles. The molecule has 2 saturated heterocycles. The van der Waals surface area contributed by atoms with Gasteiger partial charge in [0.15, 0.2) is 0 Å². The fourth-order valence-corrected chi connectivity index (χ4v) is 3.52. The molecule has 2 aliphatic heterocycles.